The molecule has 0 bridgehead atoms. The Balaban J connectivity index is 1.77. The van der Waals surface area contributed by atoms with E-state index in [-0.39, 0.29) is 5.41 Å². The maximum Gasteiger partial charge on any atom is 0.191 e. The molecule has 0 saturated carbocycles. The molecule has 23 heavy (non-hydrogen) atoms. The number of pyridine rings is 1. The molecular formula is C17H25N5S. The lowest BCUT2D eigenvalue weighted by Crippen LogP contribution is -2.38. The number of aliphatic imine (C=N–C) groups is 1. The molecule has 2 aromatic rings. The van der Waals surface area contributed by atoms with E-state index in [1.165, 1.54) is 0 Å². The Morgan fingerprint density at radius 1 is 1.26 bits per heavy atom. The normalized spacial score (nSPS) is 12.3. The number of hydrogen-bond acceptors (Lipinski definition) is 4. The van der Waals surface area contributed by atoms with Gasteiger partial charge in [-0.2, -0.15) is 0 Å². The van der Waals surface area contributed by atoms with Gasteiger partial charge in [-0.3, -0.25) is 9.98 Å². The summed E-state index contributed by atoms with van der Waals surface area (Å²) < 4.78 is 0. The van der Waals surface area contributed by atoms with Crippen LogP contribution in [-0.2, 0) is 18.4 Å². The average Bonchev–Trinajstić information content (AvgIpc) is 3.01. The van der Waals surface area contributed by atoms with Crippen molar-refractivity contribution in [2.45, 2.75) is 39.2 Å². The van der Waals surface area contributed by atoms with Crippen molar-refractivity contribution in [3.05, 3.63) is 46.2 Å². The SMILES string of the molecule is CN=C(NCCc1nc(C(C)(C)C)cs1)NCc1ccccn1. The number of thiazole rings is 1. The highest BCUT2D eigenvalue weighted by atomic mass is 32.1. The Morgan fingerprint density at radius 2 is 2.09 bits per heavy atom. The summed E-state index contributed by atoms with van der Waals surface area (Å²) in [4.78, 5) is 13.2. The molecule has 0 spiro atoms. The summed E-state index contributed by atoms with van der Waals surface area (Å²) >= 11 is 1.72. The zero-order valence-electron chi connectivity index (χ0n) is 14.3. The first kappa shape index (κ1) is 17.4. The summed E-state index contributed by atoms with van der Waals surface area (Å²) in [6.45, 7) is 8.03. The van der Waals surface area contributed by atoms with Gasteiger partial charge in [-0.15, -0.1) is 11.3 Å². The van der Waals surface area contributed by atoms with Crippen LogP contribution in [0.1, 0.15) is 37.2 Å². The second-order valence-corrected chi connectivity index (χ2v) is 7.24. The molecule has 2 heterocycles. The molecule has 0 fully saturated rings. The molecule has 0 aromatic carbocycles. The Bertz CT molecular complexity index is 628. The van der Waals surface area contributed by atoms with E-state index in [0.29, 0.717) is 6.54 Å². The van der Waals surface area contributed by atoms with Crippen molar-refractivity contribution < 1.29 is 0 Å². The molecule has 0 amide bonds. The Hall–Kier alpha value is -1.95. The van der Waals surface area contributed by atoms with E-state index in [2.05, 4.69) is 46.8 Å². The van der Waals surface area contributed by atoms with Crippen LogP contribution in [0.15, 0.2) is 34.8 Å². The van der Waals surface area contributed by atoms with Crippen molar-refractivity contribution >= 4 is 17.3 Å². The predicted octanol–water partition coefficient (Wildman–Crippen LogP) is 2.74. The molecule has 0 radical (unpaired) electrons. The number of nitrogens with zero attached hydrogens (tertiary/aromatic N) is 3. The van der Waals surface area contributed by atoms with Gasteiger partial charge in [-0.05, 0) is 12.1 Å². The highest BCUT2D eigenvalue weighted by molar-refractivity contribution is 7.09. The molecule has 5 nitrogen and oxygen atoms in total. The fourth-order valence-electron chi connectivity index (χ4n) is 1.96. The van der Waals surface area contributed by atoms with E-state index in [1.807, 2.05) is 18.2 Å². The molecule has 0 atom stereocenters. The van der Waals surface area contributed by atoms with Gasteiger partial charge in [0.05, 0.1) is 22.9 Å². The zero-order valence-corrected chi connectivity index (χ0v) is 15.1. The average molecular weight is 331 g/mol. The fraction of sp³-hybridized carbons (Fsp3) is 0.471. The highest BCUT2D eigenvalue weighted by Crippen LogP contribution is 2.23. The summed E-state index contributed by atoms with van der Waals surface area (Å²) in [6, 6.07) is 5.88. The second-order valence-electron chi connectivity index (χ2n) is 6.30. The summed E-state index contributed by atoms with van der Waals surface area (Å²) in [6.07, 6.45) is 2.69. The minimum absolute atomic E-state index is 0.114. The van der Waals surface area contributed by atoms with Crippen LogP contribution in [0, 0.1) is 0 Å². The van der Waals surface area contributed by atoms with Gasteiger partial charge in [-0.25, -0.2) is 4.98 Å². The third-order valence-corrected chi connectivity index (χ3v) is 4.25. The summed E-state index contributed by atoms with van der Waals surface area (Å²) in [5.74, 6) is 0.781. The van der Waals surface area contributed by atoms with Gasteiger partial charge in [0.1, 0.15) is 0 Å². The van der Waals surface area contributed by atoms with Crippen LogP contribution in [0.4, 0.5) is 0 Å². The molecule has 2 rings (SSSR count). The van der Waals surface area contributed by atoms with E-state index >= 15 is 0 Å². The van der Waals surface area contributed by atoms with Crippen LogP contribution in [0.2, 0.25) is 0 Å². The molecule has 124 valence electrons. The maximum absolute atomic E-state index is 4.71. The number of guanidine groups is 1. The molecule has 0 aliphatic heterocycles. The lowest BCUT2D eigenvalue weighted by molar-refractivity contribution is 0.570. The monoisotopic (exact) mass is 331 g/mol. The van der Waals surface area contributed by atoms with Crippen LogP contribution in [0.25, 0.3) is 0 Å². The summed E-state index contributed by atoms with van der Waals surface area (Å²) in [5, 5.41) is 9.89. The molecule has 0 saturated heterocycles. The number of hydrogen-bond donors (Lipinski definition) is 2. The summed E-state index contributed by atoms with van der Waals surface area (Å²) in [7, 11) is 1.77. The van der Waals surface area contributed by atoms with Crippen LogP contribution < -0.4 is 10.6 Å². The van der Waals surface area contributed by atoms with E-state index in [0.717, 1.165) is 35.3 Å². The lowest BCUT2D eigenvalue weighted by Gasteiger charge is -2.14. The van der Waals surface area contributed by atoms with Crippen LogP contribution in [0.3, 0.4) is 0 Å². The van der Waals surface area contributed by atoms with Crippen LogP contribution >= 0.6 is 11.3 Å². The van der Waals surface area contributed by atoms with Crippen molar-refractivity contribution in [1.29, 1.82) is 0 Å². The third-order valence-electron chi connectivity index (χ3n) is 3.34. The van der Waals surface area contributed by atoms with Crippen molar-refractivity contribution in [2.75, 3.05) is 13.6 Å². The van der Waals surface area contributed by atoms with Crippen LogP contribution in [0.5, 0.6) is 0 Å². The van der Waals surface area contributed by atoms with Gasteiger partial charge in [0.25, 0.3) is 0 Å². The first-order valence-electron chi connectivity index (χ1n) is 7.78. The highest BCUT2D eigenvalue weighted by Gasteiger charge is 2.17. The van der Waals surface area contributed by atoms with Gasteiger partial charge >= 0.3 is 0 Å². The van der Waals surface area contributed by atoms with Gasteiger partial charge in [0.15, 0.2) is 5.96 Å². The van der Waals surface area contributed by atoms with E-state index < -0.39 is 0 Å². The standard InChI is InChI=1S/C17H25N5S/c1-17(2,3)14-12-23-15(22-14)8-10-20-16(18-4)21-11-13-7-5-6-9-19-13/h5-7,9,12H,8,10-11H2,1-4H3,(H2,18,20,21). The second kappa shape index (κ2) is 8.06. The topological polar surface area (TPSA) is 62.2 Å². The Labute approximate surface area is 142 Å². The minimum Gasteiger partial charge on any atom is -0.356 e. The first-order valence-corrected chi connectivity index (χ1v) is 8.66. The molecule has 0 aliphatic carbocycles. The van der Waals surface area contributed by atoms with Gasteiger partial charge in [0.2, 0.25) is 0 Å². The maximum atomic E-state index is 4.71. The molecular weight excluding hydrogens is 306 g/mol. The minimum atomic E-state index is 0.114. The predicted molar refractivity (Wildman–Crippen MR) is 97.0 cm³/mol. The van der Waals surface area contributed by atoms with E-state index in [1.54, 1.807) is 24.6 Å². The van der Waals surface area contributed by atoms with Crippen molar-refractivity contribution in [3.63, 3.8) is 0 Å². The fourth-order valence-corrected chi connectivity index (χ4v) is 2.98. The quantitative estimate of drug-likeness (QED) is 0.653. The van der Waals surface area contributed by atoms with Crippen LogP contribution in [-0.4, -0.2) is 29.5 Å². The lowest BCUT2D eigenvalue weighted by atomic mass is 9.93. The molecule has 0 unspecified atom stereocenters. The van der Waals surface area contributed by atoms with Crippen molar-refractivity contribution in [2.24, 2.45) is 4.99 Å². The number of nitrogens with one attached hydrogen (secondary N) is 2. The Kier molecular flexibility index (Phi) is 6.10. The van der Waals surface area contributed by atoms with Gasteiger partial charge in [0, 0.05) is 37.0 Å². The third kappa shape index (κ3) is 5.63. The van der Waals surface area contributed by atoms with Crippen molar-refractivity contribution in [1.82, 2.24) is 20.6 Å². The van der Waals surface area contributed by atoms with E-state index in [4.69, 9.17) is 4.98 Å². The molecule has 2 N–H and O–H groups in total. The number of rotatable bonds is 5. The summed E-state index contributed by atoms with van der Waals surface area (Å²) in [5.41, 5.74) is 2.27. The first-order chi connectivity index (χ1) is 11.0. The zero-order chi connectivity index (χ0) is 16.7. The van der Waals surface area contributed by atoms with E-state index in [9.17, 15) is 0 Å². The molecule has 0 aliphatic rings. The smallest absolute Gasteiger partial charge is 0.191 e. The van der Waals surface area contributed by atoms with Crippen molar-refractivity contribution in [3.8, 4) is 0 Å². The van der Waals surface area contributed by atoms with Gasteiger partial charge < -0.3 is 10.6 Å². The molecule has 2 aromatic heterocycles. The van der Waals surface area contributed by atoms with Gasteiger partial charge in [-0.1, -0.05) is 26.8 Å². The molecule has 6 heteroatoms. The number of aromatic nitrogens is 2. The largest absolute Gasteiger partial charge is 0.356 e. The Morgan fingerprint density at radius 3 is 2.70 bits per heavy atom.